The summed E-state index contributed by atoms with van der Waals surface area (Å²) in [7, 11) is 0. The molecule has 0 amide bonds. The molecular weight excluding hydrogens is 183 g/mol. The van der Waals surface area contributed by atoms with Crippen LogP contribution in [0.2, 0.25) is 0 Å². The second-order valence-corrected chi connectivity index (χ2v) is 3.39. The number of hydrogen-bond acceptors (Lipinski definition) is 2. The van der Waals surface area contributed by atoms with Crippen molar-refractivity contribution in [3.05, 3.63) is 35.1 Å². The molecule has 1 unspecified atom stereocenters. The molecule has 1 N–H and O–H groups in total. The van der Waals surface area contributed by atoms with Crippen LogP contribution >= 0.6 is 0 Å². The Kier molecular flexibility index (Phi) is 3.36. The first kappa shape index (κ1) is 10.9. The number of benzene rings is 1. The molecule has 2 nitrogen and oxygen atoms in total. The zero-order valence-electron chi connectivity index (χ0n) is 8.25. The first-order chi connectivity index (χ1) is 6.52. The molecule has 0 saturated heterocycles. The largest absolute Gasteiger partial charge is 0.388 e. The van der Waals surface area contributed by atoms with Crippen molar-refractivity contribution in [3.63, 3.8) is 0 Å². The normalized spacial score (nSPS) is 12.6. The summed E-state index contributed by atoms with van der Waals surface area (Å²) in [6.45, 7) is 3.08. The Morgan fingerprint density at radius 3 is 2.71 bits per heavy atom. The minimum Gasteiger partial charge on any atom is -0.388 e. The standard InChI is InChI=1S/C11H13FO2/c1-7-4-3-5-9(12)11(7)10(14)6-8(2)13/h3-5,10,14H,6H2,1-2H3. The molecule has 3 heteroatoms. The molecule has 0 radical (unpaired) electrons. The number of aryl methyl sites for hydroxylation is 1. The Bertz CT molecular complexity index is 327. The molecule has 0 bridgehead atoms. The third kappa shape index (κ3) is 2.39. The fourth-order valence-electron chi connectivity index (χ4n) is 1.44. The van der Waals surface area contributed by atoms with Crippen LogP contribution in [0.25, 0.3) is 0 Å². The van der Waals surface area contributed by atoms with Crippen LogP contribution in [-0.2, 0) is 4.79 Å². The van der Waals surface area contributed by atoms with E-state index in [1.165, 1.54) is 13.0 Å². The number of rotatable bonds is 3. The SMILES string of the molecule is CC(=O)CC(O)c1c(C)cccc1F. The molecule has 0 fully saturated rings. The second kappa shape index (κ2) is 4.33. The van der Waals surface area contributed by atoms with Gasteiger partial charge in [0.15, 0.2) is 0 Å². The van der Waals surface area contributed by atoms with Crippen LogP contribution in [0.4, 0.5) is 4.39 Å². The molecule has 0 saturated carbocycles. The fraction of sp³-hybridized carbons (Fsp3) is 0.364. The highest BCUT2D eigenvalue weighted by atomic mass is 19.1. The van der Waals surface area contributed by atoms with Crippen LogP contribution in [0.1, 0.15) is 30.6 Å². The lowest BCUT2D eigenvalue weighted by Crippen LogP contribution is -2.07. The van der Waals surface area contributed by atoms with Crippen molar-refractivity contribution >= 4 is 5.78 Å². The van der Waals surface area contributed by atoms with Crippen LogP contribution in [0.15, 0.2) is 18.2 Å². The van der Waals surface area contributed by atoms with Crippen molar-refractivity contribution in [1.82, 2.24) is 0 Å². The van der Waals surface area contributed by atoms with Gasteiger partial charge in [0.25, 0.3) is 0 Å². The van der Waals surface area contributed by atoms with E-state index in [2.05, 4.69) is 0 Å². The Morgan fingerprint density at radius 1 is 1.57 bits per heavy atom. The van der Waals surface area contributed by atoms with Gasteiger partial charge in [-0.2, -0.15) is 0 Å². The molecule has 0 aromatic heterocycles. The first-order valence-corrected chi connectivity index (χ1v) is 4.45. The van der Waals surface area contributed by atoms with Crippen molar-refractivity contribution < 1.29 is 14.3 Å². The Balaban J connectivity index is 2.99. The smallest absolute Gasteiger partial charge is 0.132 e. The van der Waals surface area contributed by atoms with Crippen molar-refractivity contribution in [1.29, 1.82) is 0 Å². The predicted octanol–water partition coefficient (Wildman–Crippen LogP) is 2.15. The summed E-state index contributed by atoms with van der Waals surface area (Å²) in [5, 5.41) is 9.59. The van der Waals surface area contributed by atoms with Crippen molar-refractivity contribution in [2.45, 2.75) is 26.4 Å². The van der Waals surface area contributed by atoms with Crippen LogP contribution in [0.5, 0.6) is 0 Å². The van der Waals surface area contributed by atoms with Crippen LogP contribution in [-0.4, -0.2) is 10.9 Å². The summed E-state index contributed by atoms with van der Waals surface area (Å²) in [6, 6.07) is 4.57. The summed E-state index contributed by atoms with van der Waals surface area (Å²) in [6.07, 6.45) is -1.07. The Morgan fingerprint density at radius 2 is 2.21 bits per heavy atom. The highest BCUT2D eigenvalue weighted by Gasteiger charge is 2.16. The van der Waals surface area contributed by atoms with Gasteiger partial charge < -0.3 is 5.11 Å². The second-order valence-electron chi connectivity index (χ2n) is 3.39. The van der Waals surface area contributed by atoms with E-state index in [1.807, 2.05) is 0 Å². The molecular formula is C11H13FO2. The van der Waals surface area contributed by atoms with Crippen molar-refractivity contribution in [2.75, 3.05) is 0 Å². The van der Waals surface area contributed by atoms with E-state index in [9.17, 15) is 14.3 Å². The van der Waals surface area contributed by atoms with Gasteiger partial charge in [-0.15, -0.1) is 0 Å². The van der Waals surface area contributed by atoms with E-state index in [0.29, 0.717) is 5.56 Å². The number of ketones is 1. The maximum atomic E-state index is 13.3. The van der Waals surface area contributed by atoms with Crippen LogP contribution in [0.3, 0.4) is 0 Å². The minimum absolute atomic E-state index is 0.0399. The van der Waals surface area contributed by atoms with Gasteiger partial charge in [0.2, 0.25) is 0 Å². The van der Waals surface area contributed by atoms with E-state index >= 15 is 0 Å². The molecule has 76 valence electrons. The predicted molar refractivity (Wildman–Crippen MR) is 51.4 cm³/mol. The fourth-order valence-corrected chi connectivity index (χ4v) is 1.44. The van der Waals surface area contributed by atoms with E-state index in [-0.39, 0.29) is 17.8 Å². The number of aliphatic hydroxyl groups is 1. The molecule has 0 aliphatic rings. The Labute approximate surface area is 82.4 Å². The number of aliphatic hydroxyl groups excluding tert-OH is 1. The maximum Gasteiger partial charge on any atom is 0.132 e. The Hall–Kier alpha value is -1.22. The average molecular weight is 196 g/mol. The van der Waals surface area contributed by atoms with E-state index < -0.39 is 11.9 Å². The van der Waals surface area contributed by atoms with Gasteiger partial charge in [-0.25, -0.2) is 4.39 Å². The van der Waals surface area contributed by atoms with Gasteiger partial charge in [-0.3, -0.25) is 4.79 Å². The molecule has 0 spiro atoms. The number of carbonyl (C=O) groups is 1. The van der Waals surface area contributed by atoms with E-state index in [4.69, 9.17) is 0 Å². The zero-order valence-corrected chi connectivity index (χ0v) is 8.25. The van der Waals surface area contributed by atoms with Gasteiger partial charge in [0, 0.05) is 12.0 Å². The molecule has 0 heterocycles. The third-order valence-corrected chi connectivity index (χ3v) is 2.08. The highest BCUT2D eigenvalue weighted by molar-refractivity contribution is 5.76. The van der Waals surface area contributed by atoms with Gasteiger partial charge in [0.1, 0.15) is 11.6 Å². The summed E-state index contributed by atoms with van der Waals surface area (Å²) >= 11 is 0. The number of Topliss-reactive ketones (excluding diaryl/α,β-unsaturated/α-hetero) is 1. The van der Waals surface area contributed by atoms with Gasteiger partial charge in [-0.1, -0.05) is 12.1 Å². The summed E-state index contributed by atoms with van der Waals surface area (Å²) < 4.78 is 13.3. The molecule has 1 atom stereocenters. The molecule has 1 rings (SSSR count). The van der Waals surface area contributed by atoms with Crippen molar-refractivity contribution in [3.8, 4) is 0 Å². The van der Waals surface area contributed by atoms with Crippen LogP contribution < -0.4 is 0 Å². The topological polar surface area (TPSA) is 37.3 Å². The van der Waals surface area contributed by atoms with Gasteiger partial charge in [0.05, 0.1) is 6.10 Å². The lowest BCUT2D eigenvalue weighted by molar-refractivity contribution is -0.118. The van der Waals surface area contributed by atoms with Crippen molar-refractivity contribution in [2.24, 2.45) is 0 Å². The average Bonchev–Trinajstić information content (AvgIpc) is 2.01. The summed E-state index contributed by atoms with van der Waals surface area (Å²) in [5.41, 5.74) is 0.890. The molecule has 1 aromatic carbocycles. The van der Waals surface area contributed by atoms with E-state index in [1.54, 1.807) is 19.1 Å². The summed E-state index contributed by atoms with van der Waals surface area (Å²) in [4.78, 5) is 10.8. The summed E-state index contributed by atoms with van der Waals surface area (Å²) in [5.74, 6) is -0.612. The quantitative estimate of drug-likeness (QED) is 0.804. The zero-order chi connectivity index (χ0) is 10.7. The third-order valence-electron chi connectivity index (χ3n) is 2.08. The lowest BCUT2D eigenvalue weighted by atomic mass is 9.99. The van der Waals surface area contributed by atoms with Gasteiger partial charge >= 0.3 is 0 Å². The van der Waals surface area contributed by atoms with Crippen LogP contribution in [0, 0.1) is 12.7 Å². The molecule has 0 aliphatic carbocycles. The highest BCUT2D eigenvalue weighted by Crippen LogP contribution is 2.23. The molecule has 1 aromatic rings. The molecule has 0 aliphatic heterocycles. The first-order valence-electron chi connectivity index (χ1n) is 4.45. The number of halogens is 1. The lowest BCUT2D eigenvalue weighted by Gasteiger charge is -2.12. The maximum absolute atomic E-state index is 13.3. The van der Waals surface area contributed by atoms with Gasteiger partial charge in [-0.05, 0) is 25.5 Å². The number of hydrogen-bond donors (Lipinski definition) is 1. The number of carbonyl (C=O) groups excluding carboxylic acids is 1. The molecule has 14 heavy (non-hydrogen) atoms. The van der Waals surface area contributed by atoms with E-state index in [0.717, 1.165) is 0 Å². The minimum atomic E-state index is -1.03. The monoisotopic (exact) mass is 196 g/mol.